The van der Waals surface area contributed by atoms with Crippen molar-refractivity contribution in [2.45, 2.75) is 58.3 Å². The van der Waals surface area contributed by atoms with Gasteiger partial charge in [0.25, 0.3) is 0 Å². The molecule has 0 amide bonds. The Bertz CT molecular complexity index is 343. The molecule has 0 aliphatic rings. The molecule has 1 heteroatoms. The lowest BCUT2D eigenvalue weighted by molar-refractivity contribution is 0.302. The predicted molar refractivity (Wildman–Crippen MR) is 83.8 cm³/mol. The summed E-state index contributed by atoms with van der Waals surface area (Å²) in [5.74, 6) is 1.02. The number of unbranched alkanes of at least 4 members (excludes halogenated alkanes) is 6. The highest BCUT2D eigenvalue weighted by Gasteiger charge is 2.00. The van der Waals surface area contributed by atoms with Gasteiger partial charge in [-0.3, -0.25) is 0 Å². The van der Waals surface area contributed by atoms with Crippen LogP contribution in [0.5, 0.6) is 5.75 Å². The highest BCUT2D eigenvalue weighted by atomic mass is 16.5. The molecule has 1 aromatic carbocycles. The number of para-hydroxylation sites is 1. The van der Waals surface area contributed by atoms with E-state index in [2.05, 4.69) is 31.7 Å². The summed E-state index contributed by atoms with van der Waals surface area (Å²) in [4.78, 5) is 0. The summed E-state index contributed by atoms with van der Waals surface area (Å²) in [6.07, 6.45) is 12.1. The normalized spacial score (nSPS) is 10.4. The fourth-order valence-electron chi connectivity index (χ4n) is 2.21. The first-order valence-electron chi connectivity index (χ1n) is 7.70. The maximum absolute atomic E-state index is 5.87. The molecule has 0 fully saturated rings. The van der Waals surface area contributed by atoms with E-state index in [0.29, 0.717) is 0 Å². The predicted octanol–water partition coefficient (Wildman–Crippen LogP) is 5.54. The molecule has 0 saturated heterocycles. The molecule has 0 saturated carbocycles. The van der Waals surface area contributed by atoms with Crippen LogP contribution in [0.1, 0.15) is 57.4 Å². The van der Waals surface area contributed by atoms with Crippen molar-refractivity contribution in [1.82, 2.24) is 0 Å². The Balaban J connectivity index is 2.13. The van der Waals surface area contributed by atoms with Gasteiger partial charge in [0.1, 0.15) is 5.75 Å². The number of allylic oxidation sites excluding steroid dienone is 1. The Labute approximate surface area is 118 Å². The second kappa shape index (κ2) is 10.7. The van der Waals surface area contributed by atoms with Crippen LogP contribution in [-0.4, -0.2) is 6.61 Å². The van der Waals surface area contributed by atoms with Gasteiger partial charge in [0.2, 0.25) is 0 Å². The Hall–Kier alpha value is -1.24. The Morgan fingerprint density at radius 2 is 1.68 bits per heavy atom. The topological polar surface area (TPSA) is 9.23 Å². The van der Waals surface area contributed by atoms with Crippen LogP contribution in [0, 0.1) is 0 Å². The van der Waals surface area contributed by atoms with E-state index in [1.807, 2.05) is 12.1 Å². The molecule has 1 aromatic rings. The van der Waals surface area contributed by atoms with Crippen LogP contribution < -0.4 is 4.74 Å². The van der Waals surface area contributed by atoms with Gasteiger partial charge in [0.05, 0.1) is 6.61 Å². The number of rotatable bonds is 11. The monoisotopic (exact) mass is 260 g/mol. The third-order valence-corrected chi connectivity index (χ3v) is 3.34. The van der Waals surface area contributed by atoms with E-state index >= 15 is 0 Å². The molecule has 0 bridgehead atoms. The van der Waals surface area contributed by atoms with E-state index in [1.54, 1.807) is 0 Å². The molecule has 0 N–H and O–H groups in total. The molecular weight excluding hydrogens is 232 g/mol. The van der Waals surface area contributed by atoms with Gasteiger partial charge in [0.15, 0.2) is 0 Å². The molecule has 0 atom stereocenters. The van der Waals surface area contributed by atoms with Crippen molar-refractivity contribution in [2.75, 3.05) is 6.61 Å². The summed E-state index contributed by atoms with van der Waals surface area (Å²) in [7, 11) is 0. The van der Waals surface area contributed by atoms with Gasteiger partial charge in [0, 0.05) is 0 Å². The van der Waals surface area contributed by atoms with Gasteiger partial charge in [-0.1, -0.05) is 69.7 Å². The average Bonchev–Trinajstić information content (AvgIpc) is 2.44. The third kappa shape index (κ3) is 7.05. The van der Waals surface area contributed by atoms with E-state index in [-0.39, 0.29) is 0 Å². The van der Waals surface area contributed by atoms with Gasteiger partial charge >= 0.3 is 0 Å². The van der Waals surface area contributed by atoms with Gasteiger partial charge in [-0.05, 0) is 24.5 Å². The van der Waals surface area contributed by atoms with Crippen LogP contribution >= 0.6 is 0 Å². The maximum atomic E-state index is 5.87. The van der Waals surface area contributed by atoms with Crippen LogP contribution in [0.25, 0.3) is 0 Å². The van der Waals surface area contributed by atoms with Crippen LogP contribution in [0.2, 0.25) is 0 Å². The zero-order chi connectivity index (χ0) is 13.8. The molecule has 0 heterocycles. The molecule has 0 unspecified atom stereocenters. The summed E-state index contributed by atoms with van der Waals surface area (Å²) in [5, 5.41) is 0. The number of benzene rings is 1. The van der Waals surface area contributed by atoms with Crippen LogP contribution in [0.15, 0.2) is 36.9 Å². The molecule has 1 rings (SSSR count). The quantitative estimate of drug-likeness (QED) is 0.374. The number of hydrogen-bond acceptors (Lipinski definition) is 1. The first-order valence-corrected chi connectivity index (χ1v) is 7.70. The summed E-state index contributed by atoms with van der Waals surface area (Å²) in [6.45, 7) is 6.88. The molecule has 0 aliphatic heterocycles. The lowest BCUT2D eigenvalue weighted by Gasteiger charge is -2.10. The summed E-state index contributed by atoms with van der Waals surface area (Å²) < 4.78 is 5.87. The Morgan fingerprint density at radius 1 is 1.00 bits per heavy atom. The van der Waals surface area contributed by atoms with Crippen molar-refractivity contribution in [2.24, 2.45) is 0 Å². The minimum Gasteiger partial charge on any atom is -0.493 e. The lowest BCUT2D eigenvalue weighted by Crippen LogP contribution is -2.00. The minimum atomic E-state index is 0.835. The summed E-state index contributed by atoms with van der Waals surface area (Å²) in [6, 6.07) is 8.26. The zero-order valence-corrected chi connectivity index (χ0v) is 12.4. The van der Waals surface area contributed by atoms with Crippen molar-refractivity contribution in [3.63, 3.8) is 0 Å². The number of ether oxygens (including phenoxy) is 1. The number of hydrogen-bond donors (Lipinski definition) is 0. The van der Waals surface area contributed by atoms with Crippen LogP contribution in [0.3, 0.4) is 0 Å². The average molecular weight is 260 g/mol. The molecule has 0 spiro atoms. The van der Waals surface area contributed by atoms with Gasteiger partial charge in [-0.25, -0.2) is 0 Å². The van der Waals surface area contributed by atoms with E-state index in [0.717, 1.165) is 25.2 Å². The van der Waals surface area contributed by atoms with Crippen LogP contribution in [0.4, 0.5) is 0 Å². The van der Waals surface area contributed by atoms with Crippen molar-refractivity contribution in [3.8, 4) is 5.75 Å². The third-order valence-electron chi connectivity index (χ3n) is 3.34. The molecule has 0 aromatic heterocycles. The van der Waals surface area contributed by atoms with Gasteiger partial charge in [-0.15, -0.1) is 6.58 Å². The van der Waals surface area contributed by atoms with Crippen molar-refractivity contribution >= 4 is 0 Å². The molecule has 1 nitrogen and oxygen atoms in total. The van der Waals surface area contributed by atoms with E-state index < -0.39 is 0 Å². The van der Waals surface area contributed by atoms with E-state index in [4.69, 9.17) is 4.74 Å². The Morgan fingerprint density at radius 3 is 2.42 bits per heavy atom. The lowest BCUT2D eigenvalue weighted by atomic mass is 10.1. The molecule has 19 heavy (non-hydrogen) atoms. The molecule has 0 aliphatic carbocycles. The fraction of sp³-hybridized carbons (Fsp3) is 0.556. The Kier molecular flexibility index (Phi) is 8.87. The standard InChI is InChI=1S/C18H28O/c1-3-5-6-7-8-9-12-16-19-18-15-11-10-14-17(18)13-4-2/h4,10-11,14-15H,2-3,5-9,12-13,16H2,1H3. The van der Waals surface area contributed by atoms with Gasteiger partial charge < -0.3 is 4.74 Å². The second-order valence-electron chi connectivity index (χ2n) is 5.07. The first kappa shape index (κ1) is 15.8. The van der Waals surface area contributed by atoms with Crippen molar-refractivity contribution in [3.05, 3.63) is 42.5 Å². The highest BCUT2D eigenvalue weighted by molar-refractivity contribution is 5.34. The minimum absolute atomic E-state index is 0.835. The zero-order valence-electron chi connectivity index (χ0n) is 12.4. The first-order chi connectivity index (χ1) is 9.38. The SMILES string of the molecule is C=CCc1ccccc1OCCCCCCCCC. The smallest absolute Gasteiger partial charge is 0.122 e. The summed E-state index contributed by atoms with van der Waals surface area (Å²) in [5.41, 5.74) is 1.24. The molecule has 0 radical (unpaired) electrons. The summed E-state index contributed by atoms with van der Waals surface area (Å²) >= 11 is 0. The van der Waals surface area contributed by atoms with Crippen LogP contribution in [-0.2, 0) is 6.42 Å². The molecular formula is C18H28O. The fourth-order valence-corrected chi connectivity index (χ4v) is 2.21. The van der Waals surface area contributed by atoms with Gasteiger partial charge in [-0.2, -0.15) is 0 Å². The molecule has 106 valence electrons. The largest absolute Gasteiger partial charge is 0.493 e. The van der Waals surface area contributed by atoms with Crippen molar-refractivity contribution < 1.29 is 4.74 Å². The maximum Gasteiger partial charge on any atom is 0.122 e. The van der Waals surface area contributed by atoms with E-state index in [9.17, 15) is 0 Å². The highest BCUT2D eigenvalue weighted by Crippen LogP contribution is 2.19. The second-order valence-corrected chi connectivity index (χ2v) is 5.07. The van der Waals surface area contributed by atoms with Crippen molar-refractivity contribution in [1.29, 1.82) is 0 Å². The van der Waals surface area contributed by atoms with E-state index in [1.165, 1.54) is 44.1 Å².